The predicted octanol–water partition coefficient (Wildman–Crippen LogP) is 0.870. The molecule has 2 heterocycles. The zero-order valence-corrected chi connectivity index (χ0v) is 10.5. The first-order valence-corrected chi connectivity index (χ1v) is 6.21. The van der Waals surface area contributed by atoms with Gasteiger partial charge in [0.2, 0.25) is 11.8 Å². The number of amides is 2. The molecule has 3 atom stereocenters. The van der Waals surface area contributed by atoms with Crippen molar-refractivity contribution in [2.75, 3.05) is 13.6 Å². The maximum atomic E-state index is 12.1. The van der Waals surface area contributed by atoms with Crippen molar-refractivity contribution in [1.82, 2.24) is 10.2 Å². The molecule has 94 valence electrons. The number of hydrogen-bond donors (Lipinski definition) is 1. The Bertz CT molecular complexity index is 526. The zero-order valence-electron chi connectivity index (χ0n) is 10.5. The molecule has 1 unspecified atom stereocenters. The number of likely N-dealkylation sites (tertiary alicyclic amines) is 1. The second kappa shape index (κ2) is 3.92. The Morgan fingerprint density at radius 2 is 2.06 bits per heavy atom. The summed E-state index contributed by atoms with van der Waals surface area (Å²) in [6.45, 7) is 2.63. The maximum Gasteiger partial charge on any atom is 0.234 e. The van der Waals surface area contributed by atoms with Crippen molar-refractivity contribution in [1.29, 1.82) is 0 Å². The minimum absolute atomic E-state index is 0.0312. The Kier molecular flexibility index (Phi) is 2.48. The molecule has 1 aromatic carbocycles. The van der Waals surface area contributed by atoms with Crippen molar-refractivity contribution in [2.24, 2.45) is 11.8 Å². The molecule has 0 spiro atoms. The lowest BCUT2D eigenvalue weighted by atomic mass is 9.88. The van der Waals surface area contributed by atoms with Crippen molar-refractivity contribution in [3.8, 4) is 0 Å². The van der Waals surface area contributed by atoms with E-state index < -0.39 is 0 Å². The van der Waals surface area contributed by atoms with E-state index in [9.17, 15) is 9.59 Å². The zero-order chi connectivity index (χ0) is 12.9. The van der Waals surface area contributed by atoms with Gasteiger partial charge in [0.05, 0.1) is 11.8 Å². The van der Waals surface area contributed by atoms with Crippen molar-refractivity contribution in [2.45, 2.75) is 13.0 Å². The molecule has 0 aliphatic carbocycles. The van der Waals surface area contributed by atoms with Crippen molar-refractivity contribution in [3.05, 3.63) is 35.4 Å². The summed E-state index contributed by atoms with van der Waals surface area (Å²) in [5.41, 5.74) is 2.27. The van der Waals surface area contributed by atoms with Gasteiger partial charge in [-0.2, -0.15) is 0 Å². The molecule has 1 N–H and O–H groups in total. The summed E-state index contributed by atoms with van der Waals surface area (Å²) < 4.78 is 0. The van der Waals surface area contributed by atoms with Crippen LogP contribution in [0, 0.1) is 18.8 Å². The number of nitrogens with zero attached hydrogens (tertiary/aromatic N) is 1. The fourth-order valence-electron chi connectivity index (χ4n) is 3.07. The van der Waals surface area contributed by atoms with E-state index in [1.165, 1.54) is 10.5 Å². The Morgan fingerprint density at radius 1 is 1.28 bits per heavy atom. The second-order valence-electron chi connectivity index (χ2n) is 5.17. The fraction of sp³-hybridized carbons (Fsp3) is 0.429. The highest BCUT2D eigenvalue weighted by atomic mass is 16.2. The van der Waals surface area contributed by atoms with Crippen LogP contribution in [0.4, 0.5) is 0 Å². The molecule has 0 radical (unpaired) electrons. The second-order valence-corrected chi connectivity index (χ2v) is 5.17. The van der Waals surface area contributed by atoms with Gasteiger partial charge in [-0.1, -0.05) is 29.8 Å². The van der Waals surface area contributed by atoms with Crippen molar-refractivity contribution < 1.29 is 9.59 Å². The Hall–Kier alpha value is -1.68. The van der Waals surface area contributed by atoms with Gasteiger partial charge < -0.3 is 5.32 Å². The molecule has 3 rings (SSSR count). The molecule has 2 aliphatic heterocycles. The minimum Gasteiger partial charge on any atom is -0.308 e. The van der Waals surface area contributed by atoms with E-state index in [1.54, 1.807) is 7.05 Å². The lowest BCUT2D eigenvalue weighted by Crippen LogP contribution is -2.32. The van der Waals surface area contributed by atoms with E-state index in [4.69, 9.17) is 0 Å². The van der Waals surface area contributed by atoms with Crippen LogP contribution in [0.3, 0.4) is 0 Å². The van der Waals surface area contributed by atoms with Gasteiger partial charge in [-0.3, -0.25) is 14.5 Å². The minimum atomic E-state index is -0.232. The molecule has 2 saturated heterocycles. The predicted molar refractivity (Wildman–Crippen MR) is 66.7 cm³/mol. The Morgan fingerprint density at radius 3 is 2.78 bits per heavy atom. The molecular formula is C14H16N2O2. The van der Waals surface area contributed by atoms with E-state index in [-0.39, 0.29) is 29.7 Å². The van der Waals surface area contributed by atoms with E-state index in [0.29, 0.717) is 6.54 Å². The van der Waals surface area contributed by atoms with Gasteiger partial charge in [-0.25, -0.2) is 0 Å². The van der Waals surface area contributed by atoms with Crippen LogP contribution in [-0.2, 0) is 9.59 Å². The summed E-state index contributed by atoms with van der Waals surface area (Å²) >= 11 is 0. The Balaban J connectivity index is 1.97. The third-order valence-corrected chi connectivity index (χ3v) is 4.02. The Labute approximate surface area is 106 Å². The standard InChI is InChI=1S/C14H16N2O2/c1-8-4-3-5-9(6-8)12-11-10(7-15-12)13(17)16(2)14(11)18/h3-6,10-12,15H,7H2,1-2H3/t10-,11-,12?/m0/s1. The van der Waals surface area contributed by atoms with Crippen LogP contribution in [0.1, 0.15) is 17.2 Å². The average molecular weight is 244 g/mol. The topological polar surface area (TPSA) is 49.4 Å². The normalized spacial score (nSPS) is 31.0. The number of imide groups is 1. The van der Waals surface area contributed by atoms with Gasteiger partial charge in [-0.05, 0) is 12.5 Å². The highest BCUT2D eigenvalue weighted by molar-refractivity contribution is 6.05. The van der Waals surface area contributed by atoms with Gasteiger partial charge in [0, 0.05) is 19.6 Å². The van der Waals surface area contributed by atoms with Gasteiger partial charge in [0.1, 0.15) is 0 Å². The molecule has 1 aromatic rings. The van der Waals surface area contributed by atoms with Crippen LogP contribution < -0.4 is 5.32 Å². The SMILES string of the molecule is Cc1cccc(C2NC[C@@H]3C(=O)N(C)C(=O)[C@H]23)c1. The molecule has 0 saturated carbocycles. The van der Waals surface area contributed by atoms with Gasteiger partial charge in [0.15, 0.2) is 0 Å². The first-order chi connectivity index (χ1) is 8.59. The van der Waals surface area contributed by atoms with E-state index in [1.807, 2.05) is 25.1 Å². The fourth-order valence-corrected chi connectivity index (χ4v) is 3.07. The number of carbonyl (C=O) groups is 2. The summed E-state index contributed by atoms with van der Waals surface area (Å²) in [5.74, 6) is -0.522. The molecule has 4 heteroatoms. The largest absolute Gasteiger partial charge is 0.308 e. The lowest BCUT2D eigenvalue weighted by molar-refractivity contribution is -0.138. The van der Waals surface area contributed by atoms with Crippen LogP contribution >= 0.6 is 0 Å². The number of fused-ring (bicyclic) bond motifs is 1. The highest BCUT2D eigenvalue weighted by Crippen LogP contribution is 2.40. The summed E-state index contributed by atoms with van der Waals surface area (Å²) in [7, 11) is 1.58. The monoisotopic (exact) mass is 244 g/mol. The van der Waals surface area contributed by atoms with E-state index in [0.717, 1.165) is 5.56 Å². The number of rotatable bonds is 1. The van der Waals surface area contributed by atoms with Gasteiger partial charge in [-0.15, -0.1) is 0 Å². The number of aryl methyl sites for hydroxylation is 1. The molecular weight excluding hydrogens is 228 g/mol. The van der Waals surface area contributed by atoms with Crippen LogP contribution in [0.15, 0.2) is 24.3 Å². The summed E-state index contributed by atoms with van der Waals surface area (Å²) in [5, 5.41) is 3.32. The number of hydrogen-bond acceptors (Lipinski definition) is 3. The maximum absolute atomic E-state index is 12.1. The van der Waals surface area contributed by atoms with Crippen LogP contribution in [0.2, 0.25) is 0 Å². The van der Waals surface area contributed by atoms with E-state index in [2.05, 4.69) is 11.4 Å². The molecule has 18 heavy (non-hydrogen) atoms. The van der Waals surface area contributed by atoms with E-state index >= 15 is 0 Å². The lowest BCUT2D eigenvalue weighted by Gasteiger charge is -2.18. The molecule has 0 bridgehead atoms. The first-order valence-electron chi connectivity index (χ1n) is 6.21. The number of nitrogens with one attached hydrogen (secondary N) is 1. The third-order valence-electron chi connectivity index (χ3n) is 4.02. The van der Waals surface area contributed by atoms with Crippen LogP contribution in [0.25, 0.3) is 0 Å². The number of benzene rings is 1. The average Bonchev–Trinajstić information content (AvgIpc) is 2.87. The summed E-state index contributed by atoms with van der Waals surface area (Å²) in [6, 6.07) is 8.09. The third kappa shape index (κ3) is 1.49. The van der Waals surface area contributed by atoms with Gasteiger partial charge in [0.25, 0.3) is 0 Å². The van der Waals surface area contributed by atoms with Gasteiger partial charge >= 0.3 is 0 Å². The molecule has 0 aromatic heterocycles. The van der Waals surface area contributed by atoms with Crippen LogP contribution in [0.5, 0.6) is 0 Å². The molecule has 2 amide bonds. The number of carbonyl (C=O) groups excluding carboxylic acids is 2. The highest BCUT2D eigenvalue weighted by Gasteiger charge is 2.53. The molecule has 4 nitrogen and oxygen atoms in total. The first kappa shape index (κ1) is 11.4. The summed E-state index contributed by atoms with van der Waals surface area (Å²) in [6.07, 6.45) is 0. The quantitative estimate of drug-likeness (QED) is 0.746. The summed E-state index contributed by atoms with van der Waals surface area (Å²) in [4.78, 5) is 25.3. The van der Waals surface area contributed by atoms with Crippen LogP contribution in [-0.4, -0.2) is 30.3 Å². The molecule has 2 fully saturated rings. The molecule has 2 aliphatic rings. The smallest absolute Gasteiger partial charge is 0.234 e. The van der Waals surface area contributed by atoms with Crippen molar-refractivity contribution in [3.63, 3.8) is 0 Å². The van der Waals surface area contributed by atoms with Crippen molar-refractivity contribution >= 4 is 11.8 Å².